The summed E-state index contributed by atoms with van der Waals surface area (Å²) in [5.74, 6) is 1.27. The van der Waals surface area contributed by atoms with E-state index < -0.39 is 6.10 Å². The summed E-state index contributed by atoms with van der Waals surface area (Å²) in [4.78, 5) is 11.8. The van der Waals surface area contributed by atoms with Gasteiger partial charge in [-0.25, -0.2) is 4.79 Å². The van der Waals surface area contributed by atoms with Gasteiger partial charge in [-0.1, -0.05) is 29.8 Å². The Labute approximate surface area is 150 Å². The number of urea groups is 1. The number of hydrogen-bond donors (Lipinski definition) is 3. The van der Waals surface area contributed by atoms with Gasteiger partial charge in [0.05, 0.1) is 6.10 Å². The molecule has 6 nitrogen and oxygen atoms in total. The normalized spacial score (nSPS) is 13.8. The lowest BCUT2D eigenvalue weighted by molar-refractivity contribution is 0.163. The first-order valence-corrected chi connectivity index (χ1v) is 8.33. The van der Waals surface area contributed by atoms with Crippen LogP contribution < -0.4 is 20.1 Å². The van der Waals surface area contributed by atoms with E-state index in [0.717, 1.165) is 5.56 Å². The van der Waals surface area contributed by atoms with Crippen molar-refractivity contribution in [3.05, 3.63) is 58.6 Å². The van der Waals surface area contributed by atoms with E-state index in [2.05, 4.69) is 10.6 Å². The van der Waals surface area contributed by atoms with E-state index in [0.29, 0.717) is 41.8 Å². The van der Waals surface area contributed by atoms with Crippen molar-refractivity contribution in [2.75, 3.05) is 19.8 Å². The lowest BCUT2D eigenvalue weighted by Gasteiger charge is -2.20. The van der Waals surface area contributed by atoms with E-state index in [-0.39, 0.29) is 12.6 Å². The molecule has 0 fully saturated rings. The molecule has 1 heterocycles. The Hall–Kier alpha value is -2.44. The van der Waals surface area contributed by atoms with Crippen molar-refractivity contribution in [1.82, 2.24) is 10.6 Å². The number of ether oxygens (including phenoxy) is 2. The van der Waals surface area contributed by atoms with Crippen LogP contribution in [0.1, 0.15) is 17.2 Å². The Morgan fingerprint density at radius 1 is 1.08 bits per heavy atom. The molecule has 0 radical (unpaired) electrons. The van der Waals surface area contributed by atoms with Crippen LogP contribution in [0.2, 0.25) is 5.02 Å². The van der Waals surface area contributed by atoms with Crippen LogP contribution in [0.25, 0.3) is 0 Å². The van der Waals surface area contributed by atoms with Crippen molar-refractivity contribution in [2.24, 2.45) is 0 Å². The molecule has 2 amide bonds. The predicted molar refractivity (Wildman–Crippen MR) is 94.1 cm³/mol. The quantitative estimate of drug-likeness (QED) is 0.764. The molecule has 0 spiro atoms. The topological polar surface area (TPSA) is 79.8 Å². The summed E-state index contributed by atoms with van der Waals surface area (Å²) < 4.78 is 10.9. The molecule has 1 aliphatic heterocycles. The minimum Gasteiger partial charge on any atom is -0.486 e. The highest BCUT2D eigenvalue weighted by Gasteiger charge is 2.16. The van der Waals surface area contributed by atoms with Crippen molar-refractivity contribution in [3.63, 3.8) is 0 Å². The second-order valence-corrected chi connectivity index (χ2v) is 6.05. The Morgan fingerprint density at radius 2 is 1.80 bits per heavy atom. The van der Waals surface area contributed by atoms with Crippen LogP contribution in [0.5, 0.6) is 11.5 Å². The number of fused-ring (bicyclic) bond motifs is 1. The molecule has 7 heteroatoms. The number of aliphatic hydroxyl groups excluding tert-OH is 1. The molecule has 132 valence electrons. The van der Waals surface area contributed by atoms with Crippen molar-refractivity contribution in [3.8, 4) is 11.5 Å². The maximum absolute atomic E-state index is 11.8. The summed E-state index contributed by atoms with van der Waals surface area (Å²) in [6, 6.07) is 12.1. The van der Waals surface area contributed by atoms with E-state index in [1.807, 2.05) is 12.1 Å². The van der Waals surface area contributed by atoms with Crippen LogP contribution in [-0.4, -0.2) is 30.9 Å². The molecule has 0 saturated heterocycles. The van der Waals surface area contributed by atoms with Gasteiger partial charge in [0.1, 0.15) is 13.2 Å². The van der Waals surface area contributed by atoms with E-state index in [1.54, 1.807) is 30.3 Å². The maximum atomic E-state index is 11.8. The van der Waals surface area contributed by atoms with Crippen molar-refractivity contribution < 1.29 is 19.4 Å². The zero-order chi connectivity index (χ0) is 17.6. The summed E-state index contributed by atoms with van der Waals surface area (Å²) in [6.07, 6.45) is -0.836. The molecule has 0 aliphatic carbocycles. The van der Waals surface area contributed by atoms with E-state index in [9.17, 15) is 9.90 Å². The highest BCUT2D eigenvalue weighted by Crippen LogP contribution is 2.32. The first kappa shape index (κ1) is 17.4. The zero-order valence-corrected chi connectivity index (χ0v) is 14.3. The van der Waals surface area contributed by atoms with Gasteiger partial charge in [-0.2, -0.15) is 0 Å². The molecule has 2 aromatic carbocycles. The van der Waals surface area contributed by atoms with Crippen LogP contribution in [0.4, 0.5) is 4.79 Å². The molecule has 1 aliphatic rings. The first-order chi connectivity index (χ1) is 12.1. The lowest BCUT2D eigenvalue weighted by atomic mass is 10.1. The third kappa shape index (κ3) is 4.78. The van der Waals surface area contributed by atoms with Crippen LogP contribution in [0.15, 0.2) is 42.5 Å². The first-order valence-electron chi connectivity index (χ1n) is 7.95. The number of carbonyl (C=O) groups is 1. The van der Waals surface area contributed by atoms with Crippen LogP contribution in [0.3, 0.4) is 0 Å². The maximum Gasteiger partial charge on any atom is 0.315 e. The molecule has 0 aromatic heterocycles. The summed E-state index contributed by atoms with van der Waals surface area (Å²) in [6.45, 7) is 1.47. The Morgan fingerprint density at radius 3 is 2.56 bits per heavy atom. The molecule has 1 atom stereocenters. The van der Waals surface area contributed by atoms with Gasteiger partial charge in [0.15, 0.2) is 11.5 Å². The zero-order valence-electron chi connectivity index (χ0n) is 13.5. The van der Waals surface area contributed by atoms with Crippen LogP contribution in [0, 0.1) is 0 Å². The van der Waals surface area contributed by atoms with Gasteiger partial charge in [-0.3, -0.25) is 0 Å². The van der Waals surface area contributed by atoms with Gasteiger partial charge in [0.25, 0.3) is 0 Å². The lowest BCUT2D eigenvalue weighted by Crippen LogP contribution is -2.37. The minimum absolute atomic E-state index is 0.0894. The average Bonchev–Trinajstić information content (AvgIpc) is 2.65. The number of aliphatic hydroxyl groups is 1. The number of rotatable bonds is 5. The van der Waals surface area contributed by atoms with Crippen molar-refractivity contribution in [1.29, 1.82) is 0 Å². The number of amides is 2. The second kappa shape index (κ2) is 8.09. The number of carbonyl (C=O) groups excluding carboxylic acids is 1. The number of benzene rings is 2. The SMILES string of the molecule is O=C(NCc1ccc(Cl)cc1)NCC(O)c1ccc2c(c1)OCCO2. The molecule has 0 bridgehead atoms. The van der Waals surface area contributed by atoms with Crippen molar-refractivity contribution in [2.45, 2.75) is 12.6 Å². The fraction of sp³-hybridized carbons (Fsp3) is 0.278. The number of hydrogen-bond acceptors (Lipinski definition) is 4. The number of nitrogens with one attached hydrogen (secondary N) is 2. The Bertz CT molecular complexity index is 736. The fourth-order valence-electron chi connectivity index (χ4n) is 2.42. The largest absolute Gasteiger partial charge is 0.486 e. The molecular formula is C18H19ClN2O4. The third-order valence-corrected chi connectivity index (χ3v) is 4.03. The highest BCUT2D eigenvalue weighted by molar-refractivity contribution is 6.30. The molecule has 3 rings (SSSR count). The molecule has 1 unspecified atom stereocenters. The van der Waals surface area contributed by atoms with Crippen LogP contribution in [-0.2, 0) is 6.54 Å². The van der Waals surface area contributed by atoms with Crippen LogP contribution >= 0.6 is 11.6 Å². The molecule has 2 aromatic rings. The van der Waals surface area contributed by atoms with E-state index in [1.165, 1.54) is 0 Å². The molecule has 0 saturated carbocycles. The fourth-order valence-corrected chi connectivity index (χ4v) is 2.55. The van der Waals surface area contributed by atoms with Gasteiger partial charge in [-0.15, -0.1) is 0 Å². The molecular weight excluding hydrogens is 344 g/mol. The van der Waals surface area contributed by atoms with E-state index >= 15 is 0 Å². The van der Waals surface area contributed by atoms with Gasteiger partial charge in [0, 0.05) is 18.1 Å². The van der Waals surface area contributed by atoms with Gasteiger partial charge >= 0.3 is 6.03 Å². The Kier molecular flexibility index (Phi) is 5.63. The van der Waals surface area contributed by atoms with E-state index in [4.69, 9.17) is 21.1 Å². The Balaban J connectivity index is 1.47. The standard InChI is InChI=1S/C18H19ClN2O4/c19-14-4-1-12(2-5-14)10-20-18(23)21-11-15(22)13-3-6-16-17(9-13)25-8-7-24-16/h1-6,9,15,22H,7-8,10-11H2,(H2,20,21,23). The smallest absolute Gasteiger partial charge is 0.315 e. The summed E-state index contributed by atoms with van der Waals surface area (Å²) in [7, 11) is 0. The summed E-state index contributed by atoms with van der Waals surface area (Å²) >= 11 is 5.82. The minimum atomic E-state index is -0.836. The molecule has 3 N–H and O–H groups in total. The van der Waals surface area contributed by atoms with Gasteiger partial charge in [-0.05, 0) is 35.4 Å². The monoisotopic (exact) mass is 362 g/mol. The average molecular weight is 363 g/mol. The van der Waals surface area contributed by atoms with Gasteiger partial charge < -0.3 is 25.2 Å². The second-order valence-electron chi connectivity index (χ2n) is 5.61. The molecule has 25 heavy (non-hydrogen) atoms. The number of halogens is 1. The van der Waals surface area contributed by atoms with Gasteiger partial charge in [0.2, 0.25) is 0 Å². The third-order valence-electron chi connectivity index (χ3n) is 3.77. The van der Waals surface area contributed by atoms with Crippen molar-refractivity contribution >= 4 is 17.6 Å². The highest BCUT2D eigenvalue weighted by atomic mass is 35.5. The summed E-state index contributed by atoms with van der Waals surface area (Å²) in [5.41, 5.74) is 1.59. The predicted octanol–water partition coefficient (Wildman–Crippen LogP) is 2.64. The summed E-state index contributed by atoms with van der Waals surface area (Å²) in [5, 5.41) is 16.3.